The van der Waals surface area contributed by atoms with Gasteiger partial charge >= 0.3 is 0 Å². The number of benzene rings is 18. The van der Waals surface area contributed by atoms with Crippen LogP contribution in [-0.2, 0) is 0 Å². The zero-order valence-electron chi connectivity index (χ0n) is 64.6. The van der Waals surface area contributed by atoms with Crippen molar-refractivity contribution in [1.82, 2.24) is 4.57 Å². The Bertz CT molecular complexity index is 7340. The van der Waals surface area contributed by atoms with E-state index in [9.17, 15) is 0 Å². The van der Waals surface area contributed by atoms with Crippen molar-refractivity contribution in [3.8, 4) is 61.3 Å². The van der Waals surface area contributed by atoms with E-state index in [2.05, 4.69) is 449 Å². The average molecular weight is 1560 g/mol. The predicted octanol–water partition coefficient (Wildman–Crippen LogP) is 31.7. The molecular weight excluding hydrogens is 1480 g/mol. The molecule has 0 amide bonds. The number of rotatable bonds is 15. The van der Waals surface area contributed by atoms with Gasteiger partial charge in [0.1, 0.15) is 17.0 Å². The number of hydrogen-bond donors (Lipinski definition) is 0. The second-order valence-corrected chi connectivity index (χ2v) is 32.8. The van der Waals surface area contributed by atoms with Gasteiger partial charge in [0.2, 0.25) is 0 Å². The lowest BCUT2D eigenvalue weighted by molar-refractivity contribution is 0.669. The molecular formula is C111H73N5OS2. The number of thioether (sulfide) groups is 1. The van der Waals surface area contributed by atoms with E-state index < -0.39 is 0 Å². The van der Waals surface area contributed by atoms with Crippen molar-refractivity contribution in [2.45, 2.75) is 20.6 Å². The molecule has 0 fully saturated rings. The number of allylic oxidation sites excluding steroid dienone is 1. The number of anilines is 11. The molecule has 0 saturated heterocycles. The van der Waals surface area contributed by atoms with Crippen molar-refractivity contribution in [2.75, 3.05) is 19.6 Å². The van der Waals surface area contributed by atoms with E-state index >= 15 is 0 Å². The van der Waals surface area contributed by atoms with Gasteiger partial charge in [-0.15, -0.1) is 0 Å². The first-order chi connectivity index (χ1) is 59.0. The maximum atomic E-state index is 6.56. The minimum absolute atomic E-state index is 0.0610. The highest BCUT2D eigenvalue weighted by molar-refractivity contribution is 8.08. The Labute approximate surface area is 699 Å². The second kappa shape index (κ2) is 29.2. The fourth-order valence-corrected chi connectivity index (χ4v) is 20.6. The molecule has 2 aliphatic heterocycles. The maximum absolute atomic E-state index is 6.56. The van der Waals surface area contributed by atoms with E-state index in [1.807, 2.05) is 35.7 Å². The Kier molecular flexibility index (Phi) is 17.1. The maximum Gasteiger partial charge on any atom is 0.137 e. The van der Waals surface area contributed by atoms with Gasteiger partial charge in [-0.3, -0.25) is 9.47 Å². The van der Waals surface area contributed by atoms with Gasteiger partial charge in [-0.05, 0) is 229 Å². The van der Waals surface area contributed by atoms with Crippen LogP contribution in [0.15, 0.2) is 462 Å². The summed E-state index contributed by atoms with van der Waals surface area (Å²) in [5, 5.41) is 5.76. The van der Waals surface area contributed by atoms with E-state index in [4.69, 9.17) is 4.42 Å². The zero-order valence-corrected chi connectivity index (χ0v) is 66.2. The minimum Gasteiger partial charge on any atom is -0.456 e. The summed E-state index contributed by atoms with van der Waals surface area (Å²) in [5.74, 6) is 1.17. The van der Waals surface area contributed by atoms with Gasteiger partial charge in [0.15, 0.2) is 0 Å². The molecule has 18 aromatic carbocycles. The SMILES string of the molecule is c1ccc(-c2cccc(N(c3cccc(-c4ccc5c(c4)c4c(n5-c5ccc(-c6ccc(-c7ccc(N(c8ccc(-c9ccc%10c(c9)C9=C([C@H]%10c%10ccccc%10)N(c%10ccccc%10)c%10ccccc%10S9)cc8)c8cccc9ccccc89)cc7)cc6)cc5)N(c5ccccc5)c5ccccc5S4)c3)c3ccc4c(c3)oc3ccccc34)c2)cc1. The van der Waals surface area contributed by atoms with Crippen LogP contribution in [0.1, 0.15) is 22.6 Å². The quantitative estimate of drug-likeness (QED) is 0.101. The van der Waals surface area contributed by atoms with Crippen LogP contribution in [0.4, 0.5) is 62.7 Å². The molecule has 0 saturated carbocycles. The monoisotopic (exact) mass is 1560 g/mol. The van der Waals surface area contributed by atoms with Crippen molar-refractivity contribution in [3.05, 3.63) is 459 Å². The minimum atomic E-state index is 0.0610. The van der Waals surface area contributed by atoms with E-state index in [1.165, 1.54) is 75.0 Å². The summed E-state index contributed by atoms with van der Waals surface area (Å²) < 4.78 is 9.03. The Morgan fingerprint density at radius 3 is 1.42 bits per heavy atom. The van der Waals surface area contributed by atoms with E-state index in [0.29, 0.717) is 0 Å². The molecule has 0 spiro atoms. The largest absolute Gasteiger partial charge is 0.456 e. The number of hydrogen-bond acceptors (Lipinski definition) is 7. The molecule has 8 heteroatoms. The van der Waals surface area contributed by atoms with Gasteiger partial charge in [0, 0.05) is 93.5 Å². The highest BCUT2D eigenvalue weighted by atomic mass is 32.2. The summed E-state index contributed by atoms with van der Waals surface area (Å²) in [7, 11) is 0. The molecule has 0 bridgehead atoms. The molecule has 119 heavy (non-hydrogen) atoms. The average Bonchev–Trinajstić information content (AvgIpc) is 1.57. The molecule has 1 aliphatic carbocycles. The van der Waals surface area contributed by atoms with Gasteiger partial charge in [-0.1, -0.05) is 303 Å². The fraction of sp³-hybridized carbons (Fsp3) is 0.00901. The number of nitrogens with zero attached hydrogens (tertiary/aromatic N) is 5. The molecule has 0 radical (unpaired) electrons. The van der Waals surface area contributed by atoms with Crippen LogP contribution in [0.3, 0.4) is 0 Å². The molecule has 4 heterocycles. The molecule has 560 valence electrons. The summed E-state index contributed by atoms with van der Waals surface area (Å²) in [6, 6.07) is 160. The van der Waals surface area contributed by atoms with Gasteiger partial charge in [0.05, 0.1) is 33.4 Å². The van der Waals surface area contributed by atoms with Crippen molar-refractivity contribution in [1.29, 1.82) is 0 Å². The number of para-hydroxylation sites is 5. The lowest BCUT2D eigenvalue weighted by Crippen LogP contribution is -2.23. The Balaban J connectivity index is 0.563. The number of fused-ring (bicyclic) bond motifs is 11. The van der Waals surface area contributed by atoms with Gasteiger partial charge in [-0.2, -0.15) is 0 Å². The summed E-state index contributed by atoms with van der Waals surface area (Å²) in [6.07, 6.45) is 0. The lowest BCUT2D eigenvalue weighted by atomic mass is 9.89. The first-order valence-electron chi connectivity index (χ1n) is 40.5. The molecule has 2 aromatic heterocycles. The van der Waals surface area contributed by atoms with Crippen LogP contribution in [-0.4, -0.2) is 4.57 Å². The van der Waals surface area contributed by atoms with Crippen LogP contribution >= 0.6 is 23.5 Å². The molecule has 23 rings (SSSR count). The standard InChI is InChI=1S/C111H73N5OS2/c1-5-24-73(25-6-1)81-30-21-36-90(68-81)112(92-64-66-95-94-39-15-18-43-103(94)117-104(95)72-92)91-37-22-31-82(69-91)84-57-67-100-98(71-84)110-111(116(86-34-11-4-12-35-86)102-41-17-20-45-106(102)119-110)115(100)89-62-52-77(53-63-89)75-48-46-74(47-49-75)76-50-58-87(59-51-76)113(99-42-23-29-79-26-13-14-38-93(79)99)88-60-54-78(55-61-88)83-56-65-96-97(70-83)109-108(107(96)80-27-7-2-8-28-80)114(85-32-9-3-10-33-85)101-40-16-19-44-105(101)118-109/h1-72,107H/t107-/m0/s1. The van der Waals surface area contributed by atoms with Crippen LogP contribution in [0.5, 0.6) is 0 Å². The fourth-order valence-electron chi connectivity index (χ4n) is 18.2. The molecule has 0 N–H and O–H groups in total. The number of furan rings is 1. The molecule has 6 nitrogen and oxygen atoms in total. The Hall–Kier alpha value is -14.8. The smallest absolute Gasteiger partial charge is 0.137 e. The van der Waals surface area contributed by atoms with Crippen molar-refractivity contribution in [3.63, 3.8) is 0 Å². The summed E-state index contributed by atoms with van der Waals surface area (Å²) in [5.41, 5.74) is 31.6. The molecule has 0 unspecified atom stereocenters. The zero-order chi connectivity index (χ0) is 78.4. The third kappa shape index (κ3) is 12.2. The first-order valence-corrected chi connectivity index (χ1v) is 42.2. The van der Waals surface area contributed by atoms with E-state index in [0.717, 1.165) is 135 Å². The van der Waals surface area contributed by atoms with Crippen LogP contribution < -0.4 is 19.6 Å². The number of aromatic nitrogens is 1. The first kappa shape index (κ1) is 69.7. The normalized spacial score (nSPS) is 13.3. The summed E-state index contributed by atoms with van der Waals surface area (Å²) in [4.78, 5) is 14.7. The van der Waals surface area contributed by atoms with Crippen molar-refractivity contribution < 1.29 is 4.42 Å². The lowest BCUT2D eigenvalue weighted by Gasteiger charge is -2.35. The van der Waals surface area contributed by atoms with Crippen LogP contribution in [0.2, 0.25) is 0 Å². The van der Waals surface area contributed by atoms with Crippen LogP contribution in [0.25, 0.3) is 110 Å². The van der Waals surface area contributed by atoms with Gasteiger partial charge < -0.3 is 19.1 Å². The Morgan fingerprint density at radius 1 is 0.277 bits per heavy atom. The highest BCUT2D eigenvalue weighted by Crippen LogP contribution is 2.62. The third-order valence-electron chi connectivity index (χ3n) is 23.8. The highest BCUT2D eigenvalue weighted by Gasteiger charge is 2.41. The third-order valence-corrected chi connectivity index (χ3v) is 26.2. The molecule has 20 aromatic rings. The van der Waals surface area contributed by atoms with E-state index in [-0.39, 0.29) is 5.92 Å². The molecule has 3 aliphatic rings. The van der Waals surface area contributed by atoms with Crippen LogP contribution in [0, 0.1) is 0 Å². The van der Waals surface area contributed by atoms with Gasteiger partial charge in [0.25, 0.3) is 0 Å². The summed E-state index contributed by atoms with van der Waals surface area (Å²) >= 11 is 3.75. The predicted molar refractivity (Wildman–Crippen MR) is 499 cm³/mol. The topological polar surface area (TPSA) is 31.0 Å². The second-order valence-electron chi connectivity index (χ2n) is 30.7. The van der Waals surface area contributed by atoms with Crippen molar-refractivity contribution >= 4 is 135 Å². The Morgan fingerprint density at radius 2 is 0.739 bits per heavy atom. The van der Waals surface area contributed by atoms with Crippen molar-refractivity contribution in [2.24, 2.45) is 0 Å². The summed E-state index contributed by atoms with van der Waals surface area (Å²) in [6.45, 7) is 0. The van der Waals surface area contributed by atoms with E-state index in [1.54, 1.807) is 0 Å². The molecule has 1 atom stereocenters. The van der Waals surface area contributed by atoms with Gasteiger partial charge in [-0.25, -0.2) is 0 Å².